The molecule has 10 atom stereocenters. The molecule has 0 bridgehead atoms. The van der Waals surface area contributed by atoms with Crippen LogP contribution >= 0.6 is 7.82 Å². The molecule has 3 saturated carbocycles. The number of allylic oxidation sites excluding steroid dienone is 1. The fourth-order valence-corrected chi connectivity index (χ4v) is 9.25. The van der Waals surface area contributed by atoms with Crippen LogP contribution in [0.25, 0.3) is 0 Å². The van der Waals surface area contributed by atoms with E-state index >= 15 is 0 Å². The lowest BCUT2D eigenvalue weighted by Crippen LogP contribution is -2.63. The molecule has 0 unspecified atom stereocenters. The van der Waals surface area contributed by atoms with Gasteiger partial charge in [-0.2, -0.15) is 0 Å². The number of fused-ring (bicyclic) bond motifs is 5. The summed E-state index contributed by atoms with van der Waals surface area (Å²) in [5, 5.41) is 55.1. The summed E-state index contributed by atoms with van der Waals surface area (Å²) < 4.78 is 16.5. The van der Waals surface area contributed by atoms with Crippen molar-refractivity contribution in [1.82, 2.24) is 0 Å². The van der Waals surface area contributed by atoms with Crippen LogP contribution in [0.3, 0.4) is 0 Å². The van der Waals surface area contributed by atoms with Crippen molar-refractivity contribution in [2.24, 2.45) is 28.6 Å². The Labute approximate surface area is 224 Å². The zero-order valence-corrected chi connectivity index (χ0v) is 23.8. The SMILES string of the molecule is CC(C)(O)CC[C@@H](OP(=O)([O-])[O-])[C@](C)(O)[C@H]1CC[C@@]2(O)C3=CC(=O)[C@@H]4C[C@@H](O)[C@@H](O)C[C@]4(C)[C@H]3CC[C@]12C. The third-order valence-electron chi connectivity index (χ3n) is 10.7. The number of phosphoric ester groups is 1. The summed E-state index contributed by atoms with van der Waals surface area (Å²) >= 11 is 0. The maximum Gasteiger partial charge on any atom is 0.159 e. The zero-order valence-electron chi connectivity index (χ0n) is 22.9. The summed E-state index contributed by atoms with van der Waals surface area (Å²) in [4.78, 5) is 36.6. The smallest absolute Gasteiger partial charge is 0.159 e. The fourth-order valence-electron chi connectivity index (χ4n) is 8.62. The van der Waals surface area contributed by atoms with Crippen molar-refractivity contribution in [1.29, 1.82) is 0 Å². The van der Waals surface area contributed by atoms with E-state index < -0.39 is 65.6 Å². The summed E-state index contributed by atoms with van der Waals surface area (Å²) in [6.07, 6.45) is 0.0169. The third kappa shape index (κ3) is 4.88. The number of aliphatic hydroxyl groups is 5. The Hall–Kier alpha value is -0.680. The minimum atomic E-state index is -5.49. The minimum absolute atomic E-state index is 0.0666. The molecule has 0 saturated heterocycles. The van der Waals surface area contributed by atoms with Crippen LogP contribution in [0.4, 0.5) is 0 Å². The van der Waals surface area contributed by atoms with Crippen molar-refractivity contribution in [2.75, 3.05) is 0 Å². The standard InChI is InChI=1S/C27H45O10P/c1-23(2,31)9-8-22(37-38(34,35)36)26(5,32)21-7-11-27(33)16-12-18(28)17-13-19(29)20(30)14-24(17,3)15(16)6-10-25(21,27)4/h12,15,17,19-22,29-33H,6-11,13-14H2,1-5H3,(H2,34,35,36)/p-2/t15-,17-,19+,20-,21-,22+,24+,25+,26+,27+/m0/s1. The van der Waals surface area contributed by atoms with Gasteiger partial charge < -0.3 is 44.4 Å². The predicted molar refractivity (Wildman–Crippen MR) is 133 cm³/mol. The molecule has 0 aromatic rings. The quantitative estimate of drug-likeness (QED) is 0.278. The van der Waals surface area contributed by atoms with E-state index in [-0.39, 0.29) is 43.8 Å². The molecule has 3 fully saturated rings. The molecule has 218 valence electrons. The monoisotopic (exact) mass is 558 g/mol. The van der Waals surface area contributed by atoms with E-state index in [0.717, 1.165) is 0 Å². The van der Waals surface area contributed by atoms with Gasteiger partial charge in [-0.1, -0.05) is 13.8 Å². The van der Waals surface area contributed by atoms with Crippen molar-refractivity contribution in [2.45, 2.75) is 121 Å². The van der Waals surface area contributed by atoms with E-state index in [9.17, 15) is 44.7 Å². The van der Waals surface area contributed by atoms with Crippen LogP contribution in [-0.2, 0) is 13.9 Å². The van der Waals surface area contributed by atoms with Gasteiger partial charge in [0, 0.05) is 11.3 Å². The molecule has 10 nitrogen and oxygen atoms in total. The molecule has 4 rings (SSSR count). The number of rotatable bonds is 7. The first-order valence-electron chi connectivity index (χ1n) is 13.7. The highest BCUT2D eigenvalue weighted by atomic mass is 31.2. The average Bonchev–Trinajstić information content (AvgIpc) is 3.04. The van der Waals surface area contributed by atoms with Crippen LogP contribution in [0.15, 0.2) is 11.6 Å². The molecule has 0 heterocycles. The van der Waals surface area contributed by atoms with Crippen LogP contribution in [0, 0.1) is 28.6 Å². The summed E-state index contributed by atoms with van der Waals surface area (Å²) in [7, 11) is -5.49. The number of ketones is 1. The molecular formula is C27H43O10P-2. The lowest BCUT2D eigenvalue weighted by atomic mass is 9.45. The van der Waals surface area contributed by atoms with Crippen molar-refractivity contribution >= 4 is 13.6 Å². The highest BCUT2D eigenvalue weighted by molar-refractivity contribution is 7.43. The topological polar surface area (TPSA) is 191 Å². The number of phosphoric acid groups is 1. The Kier molecular flexibility index (Phi) is 7.51. The van der Waals surface area contributed by atoms with Crippen LogP contribution in [-0.4, -0.2) is 66.4 Å². The van der Waals surface area contributed by atoms with Crippen molar-refractivity contribution in [3.63, 3.8) is 0 Å². The van der Waals surface area contributed by atoms with Crippen LogP contribution in [0.5, 0.6) is 0 Å². The molecule has 4 aliphatic carbocycles. The van der Waals surface area contributed by atoms with E-state index in [1.165, 1.54) is 26.8 Å². The summed E-state index contributed by atoms with van der Waals surface area (Å²) in [6, 6.07) is 0. The molecule has 0 aromatic carbocycles. The van der Waals surface area contributed by atoms with Crippen LogP contribution in [0.2, 0.25) is 0 Å². The highest BCUT2D eigenvalue weighted by Crippen LogP contribution is 2.69. The normalized spacial score (nSPS) is 43.9. The Bertz CT molecular complexity index is 1030. The van der Waals surface area contributed by atoms with Crippen LogP contribution in [0.1, 0.15) is 86.0 Å². The lowest BCUT2D eigenvalue weighted by molar-refractivity contribution is -0.350. The van der Waals surface area contributed by atoms with Gasteiger partial charge in [0.2, 0.25) is 0 Å². The average molecular weight is 559 g/mol. The Balaban J connectivity index is 1.70. The highest BCUT2D eigenvalue weighted by Gasteiger charge is 2.69. The second-order valence-electron chi connectivity index (χ2n) is 13.7. The molecule has 4 aliphatic rings. The predicted octanol–water partition coefficient (Wildman–Crippen LogP) is 0.707. The van der Waals surface area contributed by atoms with Gasteiger partial charge in [0.15, 0.2) is 5.78 Å². The molecule has 38 heavy (non-hydrogen) atoms. The van der Waals surface area contributed by atoms with Crippen molar-refractivity contribution in [3.05, 3.63) is 11.6 Å². The Morgan fingerprint density at radius 2 is 1.74 bits per heavy atom. The van der Waals surface area contributed by atoms with E-state index in [0.29, 0.717) is 24.8 Å². The molecule has 11 heteroatoms. The molecular weight excluding hydrogens is 515 g/mol. The number of hydrogen-bond donors (Lipinski definition) is 5. The maximum atomic E-state index is 13.3. The summed E-state index contributed by atoms with van der Waals surface area (Å²) in [5.74, 6) is -1.55. The van der Waals surface area contributed by atoms with Gasteiger partial charge in [0.25, 0.3) is 0 Å². The van der Waals surface area contributed by atoms with E-state index in [4.69, 9.17) is 4.52 Å². The van der Waals surface area contributed by atoms with Gasteiger partial charge in [0.1, 0.15) is 0 Å². The van der Waals surface area contributed by atoms with Gasteiger partial charge in [-0.3, -0.25) is 4.79 Å². The number of carbonyl (C=O) groups excluding carboxylic acids is 1. The van der Waals surface area contributed by atoms with Gasteiger partial charge in [-0.05, 0) is 101 Å². The van der Waals surface area contributed by atoms with Gasteiger partial charge in [-0.15, -0.1) is 0 Å². The number of aliphatic hydroxyl groups excluding tert-OH is 2. The maximum absolute atomic E-state index is 13.3. The van der Waals surface area contributed by atoms with Crippen molar-refractivity contribution < 1.29 is 49.2 Å². The lowest BCUT2D eigenvalue weighted by Gasteiger charge is -2.61. The second-order valence-corrected chi connectivity index (χ2v) is 14.8. The fraction of sp³-hybridized carbons (Fsp3) is 0.889. The number of carbonyl (C=O) groups is 1. The second kappa shape index (κ2) is 9.43. The Morgan fingerprint density at radius 1 is 1.11 bits per heavy atom. The summed E-state index contributed by atoms with van der Waals surface area (Å²) in [6.45, 7) is 8.26. The third-order valence-corrected chi connectivity index (χ3v) is 11.3. The molecule has 5 N–H and O–H groups in total. The molecule has 0 amide bonds. The Morgan fingerprint density at radius 3 is 2.32 bits per heavy atom. The number of hydrogen-bond acceptors (Lipinski definition) is 10. The summed E-state index contributed by atoms with van der Waals surface area (Å²) in [5.41, 5.74) is -5.56. The zero-order chi connectivity index (χ0) is 28.7. The van der Waals surface area contributed by atoms with Gasteiger partial charge in [0.05, 0.1) is 42.9 Å². The molecule has 0 aliphatic heterocycles. The van der Waals surface area contributed by atoms with E-state index in [1.807, 2.05) is 13.8 Å². The van der Waals surface area contributed by atoms with E-state index in [1.54, 1.807) is 0 Å². The first-order valence-corrected chi connectivity index (χ1v) is 15.1. The van der Waals surface area contributed by atoms with Crippen molar-refractivity contribution in [3.8, 4) is 0 Å². The molecule has 0 aromatic heterocycles. The van der Waals surface area contributed by atoms with Gasteiger partial charge in [-0.25, -0.2) is 0 Å². The largest absolute Gasteiger partial charge is 0.790 e. The molecule has 0 spiro atoms. The van der Waals surface area contributed by atoms with Crippen LogP contribution < -0.4 is 9.79 Å². The molecule has 0 radical (unpaired) electrons. The first-order chi connectivity index (χ1) is 17.2. The minimum Gasteiger partial charge on any atom is -0.790 e. The van der Waals surface area contributed by atoms with Gasteiger partial charge >= 0.3 is 0 Å². The van der Waals surface area contributed by atoms with E-state index in [2.05, 4.69) is 0 Å². The first kappa shape index (κ1) is 30.3.